The molecule has 1 N–H and O–H groups in total. The number of tetrazole rings is 1. The summed E-state index contributed by atoms with van der Waals surface area (Å²) in [6, 6.07) is 6.95. The van der Waals surface area contributed by atoms with Gasteiger partial charge in [-0.15, -0.1) is 5.10 Å². The number of thioether (sulfide) groups is 1. The van der Waals surface area contributed by atoms with E-state index in [-0.39, 0.29) is 0 Å². The lowest BCUT2D eigenvalue weighted by molar-refractivity contribution is 0.603. The second-order valence-corrected chi connectivity index (χ2v) is 5.84. The van der Waals surface area contributed by atoms with E-state index in [2.05, 4.69) is 59.8 Å². The number of nitrogens with zero attached hydrogens (tertiary/aromatic N) is 4. The van der Waals surface area contributed by atoms with Gasteiger partial charge in [-0.1, -0.05) is 36.9 Å². The van der Waals surface area contributed by atoms with Gasteiger partial charge in [-0.3, -0.25) is 0 Å². The van der Waals surface area contributed by atoms with Crippen molar-refractivity contribution < 1.29 is 0 Å². The molecular formula is C14H21N5S. The van der Waals surface area contributed by atoms with Crippen molar-refractivity contribution in [2.24, 2.45) is 7.05 Å². The fraction of sp³-hybridized carbons (Fsp3) is 0.500. The summed E-state index contributed by atoms with van der Waals surface area (Å²) in [5.74, 6) is 0.907. The Morgan fingerprint density at radius 1 is 1.30 bits per heavy atom. The smallest absolute Gasteiger partial charge is 0.209 e. The Labute approximate surface area is 124 Å². The van der Waals surface area contributed by atoms with E-state index in [0.29, 0.717) is 6.04 Å². The first kappa shape index (κ1) is 15.0. The number of nitrogens with one attached hydrogen (secondary N) is 1. The molecule has 6 heteroatoms. The molecule has 5 nitrogen and oxygen atoms in total. The molecule has 1 aromatic carbocycles. The second kappa shape index (κ2) is 6.85. The highest BCUT2D eigenvalue weighted by atomic mass is 32.2. The van der Waals surface area contributed by atoms with Crippen molar-refractivity contribution in [3.8, 4) is 0 Å². The highest BCUT2D eigenvalue weighted by Crippen LogP contribution is 2.24. The standard InChI is InChI=1S/C14H21N5S/c1-5-15-13(9-20-14-16-17-18-19(14)4)12-7-6-10(2)11(3)8-12/h6-8,13,15H,5,9H2,1-4H3. The van der Waals surface area contributed by atoms with Gasteiger partial charge in [0.05, 0.1) is 0 Å². The number of aryl methyl sites for hydroxylation is 3. The lowest BCUT2D eigenvalue weighted by Crippen LogP contribution is -2.23. The molecule has 0 saturated heterocycles. The molecule has 1 atom stereocenters. The van der Waals surface area contributed by atoms with Crippen LogP contribution in [0, 0.1) is 13.8 Å². The van der Waals surface area contributed by atoms with Crippen LogP contribution >= 0.6 is 11.8 Å². The number of hydrogen-bond donors (Lipinski definition) is 1. The minimum absolute atomic E-state index is 0.306. The van der Waals surface area contributed by atoms with E-state index in [0.717, 1.165) is 17.5 Å². The maximum Gasteiger partial charge on any atom is 0.209 e. The topological polar surface area (TPSA) is 55.6 Å². The van der Waals surface area contributed by atoms with Gasteiger partial charge in [0.2, 0.25) is 5.16 Å². The molecule has 0 spiro atoms. The average molecular weight is 291 g/mol. The zero-order chi connectivity index (χ0) is 14.5. The van der Waals surface area contributed by atoms with Crippen LogP contribution in [0.4, 0.5) is 0 Å². The molecule has 0 radical (unpaired) electrons. The average Bonchev–Trinajstić information content (AvgIpc) is 2.83. The number of rotatable bonds is 6. The summed E-state index contributed by atoms with van der Waals surface area (Å²) >= 11 is 1.67. The summed E-state index contributed by atoms with van der Waals surface area (Å²) in [4.78, 5) is 0. The Bertz CT molecular complexity index is 566. The van der Waals surface area contributed by atoms with Gasteiger partial charge in [-0.05, 0) is 47.5 Å². The Hall–Kier alpha value is -1.40. The van der Waals surface area contributed by atoms with Crippen molar-refractivity contribution in [2.45, 2.75) is 32.0 Å². The third-order valence-corrected chi connectivity index (χ3v) is 4.45. The second-order valence-electron chi connectivity index (χ2n) is 4.85. The zero-order valence-electron chi connectivity index (χ0n) is 12.4. The maximum absolute atomic E-state index is 4.01. The van der Waals surface area contributed by atoms with Crippen LogP contribution in [0.5, 0.6) is 0 Å². The van der Waals surface area contributed by atoms with Crippen LogP contribution in [0.3, 0.4) is 0 Å². The Morgan fingerprint density at radius 3 is 2.70 bits per heavy atom. The minimum atomic E-state index is 0.306. The Balaban J connectivity index is 2.10. The highest BCUT2D eigenvalue weighted by Gasteiger charge is 2.13. The molecule has 2 aromatic rings. The third-order valence-electron chi connectivity index (χ3n) is 3.34. The fourth-order valence-corrected chi connectivity index (χ4v) is 2.95. The van der Waals surface area contributed by atoms with E-state index in [1.165, 1.54) is 16.7 Å². The van der Waals surface area contributed by atoms with Crippen LogP contribution in [0.25, 0.3) is 0 Å². The van der Waals surface area contributed by atoms with Gasteiger partial charge >= 0.3 is 0 Å². The molecular weight excluding hydrogens is 270 g/mol. The van der Waals surface area contributed by atoms with Crippen molar-refractivity contribution in [2.75, 3.05) is 12.3 Å². The first-order valence-corrected chi connectivity index (χ1v) is 7.76. The lowest BCUT2D eigenvalue weighted by atomic mass is 10.0. The summed E-state index contributed by atoms with van der Waals surface area (Å²) in [6.45, 7) is 7.36. The molecule has 0 aliphatic carbocycles. The quantitative estimate of drug-likeness (QED) is 0.827. The van der Waals surface area contributed by atoms with E-state index in [1.54, 1.807) is 16.4 Å². The Kier molecular flexibility index (Phi) is 5.14. The number of aromatic nitrogens is 4. The van der Waals surface area contributed by atoms with Crippen LogP contribution in [-0.4, -0.2) is 32.5 Å². The first-order chi connectivity index (χ1) is 9.61. The van der Waals surface area contributed by atoms with Crippen LogP contribution in [-0.2, 0) is 7.05 Å². The molecule has 0 saturated carbocycles. The number of benzene rings is 1. The number of hydrogen-bond acceptors (Lipinski definition) is 5. The van der Waals surface area contributed by atoms with Gasteiger partial charge in [-0.2, -0.15) is 0 Å². The van der Waals surface area contributed by atoms with Crippen LogP contribution in [0.15, 0.2) is 23.4 Å². The molecule has 0 aliphatic heterocycles. The van der Waals surface area contributed by atoms with Crippen molar-refractivity contribution in [3.05, 3.63) is 34.9 Å². The summed E-state index contributed by atoms with van der Waals surface area (Å²) in [7, 11) is 1.86. The zero-order valence-corrected chi connectivity index (χ0v) is 13.2. The van der Waals surface area contributed by atoms with Gasteiger partial charge in [-0.25, -0.2) is 4.68 Å². The molecule has 20 heavy (non-hydrogen) atoms. The van der Waals surface area contributed by atoms with E-state index >= 15 is 0 Å². The molecule has 2 rings (SSSR count). The van der Waals surface area contributed by atoms with Crippen molar-refractivity contribution in [1.29, 1.82) is 0 Å². The van der Waals surface area contributed by atoms with Gasteiger partial charge in [0, 0.05) is 18.8 Å². The molecule has 0 fully saturated rings. The van der Waals surface area contributed by atoms with Crippen molar-refractivity contribution >= 4 is 11.8 Å². The fourth-order valence-electron chi connectivity index (χ4n) is 2.00. The molecule has 0 bridgehead atoms. The van der Waals surface area contributed by atoms with Crippen LogP contribution in [0.2, 0.25) is 0 Å². The maximum atomic E-state index is 4.01. The normalized spacial score (nSPS) is 12.6. The van der Waals surface area contributed by atoms with Crippen LogP contribution < -0.4 is 5.32 Å². The Morgan fingerprint density at radius 2 is 2.10 bits per heavy atom. The molecule has 1 heterocycles. The highest BCUT2D eigenvalue weighted by molar-refractivity contribution is 7.99. The third kappa shape index (κ3) is 3.58. The van der Waals surface area contributed by atoms with Gasteiger partial charge in [0.1, 0.15) is 0 Å². The van der Waals surface area contributed by atoms with Crippen molar-refractivity contribution in [3.63, 3.8) is 0 Å². The summed E-state index contributed by atoms with van der Waals surface area (Å²) < 4.78 is 1.70. The SMILES string of the molecule is CCNC(CSc1nnnn1C)c1ccc(C)c(C)c1. The predicted molar refractivity (Wildman–Crippen MR) is 81.9 cm³/mol. The summed E-state index contributed by atoms with van der Waals surface area (Å²) in [5, 5.41) is 15.9. The molecule has 0 amide bonds. The summed E-state index contributed by atoms with van der Waals surface area (Å²) in [5.41, 5.74) is 3.97. The molecule has 1 aromatic heterocycles. The van der Waals surface area contributed by atoms with E-state index < -0.39 is 0 Å². The van der Waals surface area contributed by atoms with E-state index in [4.69, 9.17) is 0 Å². The van der Waals surface area contributed by atoms with Gasteiger partial charge < -0.3 is 5.32 Å². The molecule has 108 valence electrons. The van der Waals surface area contributed by atoms with Gasteiger partial charge in [0.15, 0.2) is 0 Å². The van der Waals surface area contributed by atoms with Crippen molar-refractivity contribution in [1.82, 2.24) is 25.5 Å². The largest absolute Gasteiger partial charge is 0.309 e. The summed E-state index contributed by atoms with van der Waals surface area (Å²) in [6.07, 6.45) is 0. The lowest BCUT2D eigenvalue weighted by Gasteiger charge is -2.18. The molecule has 0 aliphatic rings. The monoisotopic (exact) mass is 291 g/mol. The van der Waals surface area contributed by atoms with E-state index in [9.17, 15) is 0 Å². The van der Waals surface area contributed by atoms with Crippen LogP contribution in [0.1, 0.15) is 29.7 Å². The molecule has 1 unspecified atom stereocenters. The van der Waals surface area contributed by atoms with E-state index in [1.807, 2.05) is 7.05 Å². The minimum Gasteiger partial charge on any atom is -0.309 e. The first-order valence-electron chi connectivity index (χ1n) is 6.77. The predicted octanol–water partition coefficient (Wildman–Crippen LogP) is 2.27. The van der Waals surface area contributed by atoms with Gasteiger partial charge in [0.25, 0.3) is 0 Å².